The van der Waals surface area contributed by atoms with Gasteiger partial charge in [0, 0.05) is 30.8 Å². The summed E-state index contributed by atoms with van der Waals surface area (Å²) in [7, 11) is 1.52. The molecule has 6 aliphatic rings. The Bertz CT molecular complexity index is 1190. The number of alkyl halides is 1. The van der Waals surface area contributed by atoms with Crippen LogP contribution in [-0.2, 0) is 9.59 Å². The van der Waals surface area contributed by atoms with E-state index in [0.29, 0.717) is 62.0 Å². The number of nitrogens with one attached hydrogen (secondary N) is 2. The number of benzene rings is 1. The quantitative estimate of drug-likeness (QED) is 0.451. The molecule has 7 rings (SSSR count). The molecule has 6 aliphatic carbocycles. The molecule has 0 heterocycles. The zero-order valence-corrected chi connectivity index (χ0v) is 23.0. The van der Waals surface area contributed by atoms with Gasteiger partial charge in [0.1, 0.15) is 17.2 Å². The van der Waals surface area contributed by atoms with Crippen molar-refractivity contribution in [3.63, 3.8) is 0 Å². The number of carbonyl (C=O) groups excluding carboxylic acids is 2. The minimum Gasteiger partial charge on any atom is -0.496 e. The predicted octanol–water partition coefficient (Wildman–Crippen LogP) is 4.32. The molecular formula is C30H39FN2O6. The van der Waals surface area contributed by atoms with Gasteiger partial charge in [-0.15, -0.1) is 0 Å². The topological polar surface area (TPSA) is 114 Å². The molecule has 6 fully saturated rings. The number of rotatable bonds is 8. The Kier molecular flexibility index (Phi) is 6.15. The number of carboxylic acids is 1. The maximum absolute atomic E-state index is 14.0. The molecule has 212 valence electrons. The van der Waals surface area contributed by atoms with Crippen LogP contribution in [0.4, 0.5) is 4.39 Å². The van der Waals surface area contributed by atoms with Crippen LogP contribution in [0.2, 0.25) is 0 Å². The molecular weight excluding hydrogens is 503 g/mol. The van der Waals surface area contributed by atoms with Crippen molar-refractivity contribution in [1.82, 2.24) is 10.6 Å². The summed E-state index contributed by atoms with van der Waals surface area (Å²) in [5, 5.41) is 15.8. The van der Waals surface area contributed by atoms with Gasteiger partial charge >= 0.3 is 5.97 Å². The molecule has 39 heavy (non-hydrogen) atoms. The molecule has 1 aromatic carbocycles. The second kappa shape index (κ2) is 9.10. The van der Waals surface area contributed by atoms with Crippen LogP contribution in [0.25, 0.3) is 0 Å². The number of carboxylic acid groups (broad SMARTS) is 1. The third-order valence-electron chi connectivity index (χ3n) is 10.5. The molecule has 0 aliphatic heterocycles. The molecule has 0 spiro atoms. The monoisotopic (exact) mass is 542 g/mol. The summed E-state index contributed by atoms with van der Waals surface area (Å²) in [6, 6.07) is 3.22. The molecule has 0 radical (unpaired) electrons. The van der Waals surface area contributed by atoms with Crippen LogP contribution < -0.4 is 20.1 Å². The number of hydrogen-bond acceptors (Lipinski definition) is 5. The SMILES string of the molecule is COc1cc(C)c(O[C@H]2CC[C@@](C)(C(=O)O)CC2)cc1C(=O)N[C@@H]1[C@H]2CC[C@H](C2)[C@@H]1C(=O)NC12CC(F)(C1)C2. The largest absolute Gasteiger partial charge is 0.496 e. The van der Waals surface area contributed by atoms with Crippen molar-refractivity contribution in [1.29, 1.82) is 0 Å². The van der Waals surface area contributed by atoms with E-state index in [1.165, 1.54) is 7.11 Å². The maximum atomic E-state index is 14.0. The van der Waals surface area contributed by atoms with Gasteiger partial charge in [-0.25, -0.2) is 4.39 Å². The number of aryl methyl sites for hydroxylation is 1. The van der Waals surface area contributed by atoms with Crippen molar-refractivity contribution >= 4 is 17.8 Å². The Labute approximate surface area is 228 Å². The molecule has 0 aromatic heterocycles. The lowest BCUT2D eigenvalue weighted by atomic mass is 9.47. The Morgan fingerprint density at radius 3 is 2.31 bits per heavy atom. The predicted molar refractivity (Wildman–Crippen MR) is 140 cm³/mol. The zero-order chi connectivity index (χ0) is 27.7. The van der Waals surface area contributed by atoms with E-state index < -0.39 is 17.1 Å². The van der Waals surface area contributed by atoms with Gasteiger partial charge in [0.05, 0.1) is 30.1 Å². The van der Waals surface area contributed by atoms with Crippen molar-refractivity contribution < 1.29 is 33.4 Å². The van der Waals surface area contributed by atoms with Gasteiger partial charge in [0.15, 0.2) is 0 Å². The molecule has 9 heteroatoms. The van der Waals surface area contributed by atoms with E-state index >= 15 is 0 Å². The molecule has 4 bridgehead atoms. The van der Waals surface area contributed by atoms with Gasteiger partial charge in [-0.2, -0.15) is 0 Å². The van der Waals surface area contributed by atoms with Crippen molar-refractivity contribution in [3.05, 3.63) is 23.3 Å². The minimum atomic E-state index is -1.08. The first-order valence-electron chi connectivity index (χ1n) is 14.3. The van der Waals surface area contributed by atoms with Crippen LogP contribution in [0, 0.1) is 30.1 Å². The number of halogens is 1. The lowest BCUT2D eigenvalue weighted by molar-refractivity contribution is -0.177. The first kappa shape index (κ1) is 26.4. The second-order valence-electron chi connectivity index (χ2n) is 13.3. The fourth-order valence-corrected chi connectivity index (χ4v) is 8.12. The van der Waals surface area contributed by atoms with E-state index in [9.17, 15) is 23.9 Å². The van der Waals surface area contributed by atoms with Crippen LogP contribution in [0.5, 0.6) is 11.5 Å². The average Bonchev–Trinajstić information content (AvgIpc) is 3.46. The Morgan fingerprint density at radius 2 is 1.69 bits per heavy atom. The van der Waals surface area contributed by atoms with Crippen LogP contribution in [-0.4, -0.2) is 53.4 Å². The molecule has 4 atom stereocenters. The molecule has 0 unspecified atom stereocenters. The van der Waals surface area contributed by atoms with Gasteiger partial charge in [-0.1, -0.05) is 0 Å². The van der Waals surface area contributed by atoms with E-state index in [-0.39, 0.29) is 47.3 Å². The van der Waals surface area contributed by atoms with Crippen molar-refractivity contribution in [2.75, 3.05) is 7.11 Å². The number of amides is 2. The fourth-order valence-electron chi connectivity index (χ4n) is 8.12. The van der Waals surface area contributed by atoms with E-state index in [1.54, 1.807) is 19.1 Å². The van der Waals surface area contributed by atoms with E-state index in [0.717, 1.165) is 24.8 Å². The van der Waals surface area contributed by atoms with Crippen molar-refractivity contribution in [2.24, 2.45) is 23.2 Å². The number of carbonyl (C=O) groups is 3. The number of aliphatic carboxylic acids is 1. The highest BCUT2D eigenvalue weighted by molar-refractivity contribution is 5.98. The first-order chi connectivity index (χ1) is 18.4. The van der Waals surface area contributed by atoms with Gasteiger partial charge in [-0.05, 0) is 88.3 Å². The molecule has 6 saturated carbocycles. The van der Waals surface area contributed by atoms with E-state index in [1.807, 2.05) is 6.92 Å². The van der Waals surface area contributed by atoms with Gasteiger partial charge < -0.3 is 25.2 Å². The lowest BCUT2D eigenvalue weighted by Crippen LogP contribution is -2.77. The van der Waals surface area contributed by atoms with Crippen molar-refractivity contribution in [2.45, 2.75) is 101 Å². The molecule has 3 N–H and O–H groups in total. The number of ether oxygens (including phenoxy) is 2. The number of methoxy groups -OCH3 is 1. The third kappa shape index (κ3) is 4.45. The van der Waals surface area contributed by atoms with Crippen LogP contribution in [0.1, 0.15) is 87.1 Å². The van der Waals surface area contributed by atoms with Crippen LogP contribution in [0.3, 0.4) is 0 Å². The average molecular weight is 543 g/mol. The van der Waals surface area contributed by atoms with Gasteiger partial charge in [0.25, 0.3) is 5.91 Å². The summed E-state index contributed by atoms with van der Waals surface area (Å²) in [5.41, 5.74) is -1.00. The fraction of sp³-hybridized carbons (Fsp3) is 0.700. The van der Waals surface area contributed by atoms with Crippen molar-refractivity contribution in [3.8, 4) is 11.5 Å². The summed E-state index contributed by atoms with van der Waals surface area (Å²) < 4.78 is 25.9. The zero-order valence-electron chi connectivity index (χ0n) is 23.0. The normalized spacial score (nSPS) is 39.7. The van der Waals surface area contributed by atoms with Gasteiger partial charge in [-0.3, -0.25) is 14.4 Å². The highest BCUT2D eigenvalue weighted by atomic mass is 19.1. The van der Waals surface area contributed by atoms with Crippen LogP contribution >= 0.6 is 0 Å². The molecule has 1 aromatic rings. The Morgan fingerprint density at radius 1 is 1.03 bits per heavy atom. The minimum absolute atomic E-state index is 0.0557. The summed E-state index contributed by atoms with van der Waals surface area (Å²) in [5.74, 6) is 0.0458. The molecule has 0 saturated heterocycles. The summed E-state index contributed by atoms with van der Waals surface area (Å²) in [6.07, 6.45) is 6.30. The standard InChI is InChI=1S/C30H39FN2O6/c1-16-10-22(38-3)20(12-21(16)39-19-6-8-28(2,9-7-19)27(36)37)25(34)32-24-18-5-4-17(11-18)23(24)26(35)33-30-13-29(31,14-30)15-30/h10,12,17-19,23-24H,4-9,11,13-15H2,1-3H3,(H,32,34)(H,33,35)(H,36,37)/t17-,18+,19-,23+,24-,28+,29?,30?/m1/s1. The second-order valence-corrected chi connectivity index (χ2v) is 13.3. The van der Waals surface area contributed by atoms with E-state index in [4.69, 9.17) is 9.47 Å². The third-order valence-corrected chi connectivity index (χ3v) is 10.5. The van der Waals surface area contributed by atoms with Crippen LogP contribution in [0.15, 0.2) is 12.1 Å². The highest BCUT2D eigenvalue weighted by Crippen LogP contribution is 2.63. The molecule has 2 amide bonds. The summed E-state index contributed by atoms with van der Waals surface area (Å²) >= 11 is 0. The number of fused-ring (bicyclic) bond motifs is 2. The van der Waals surface area contributed by atoms with E-state index in [2.05, 4.69) is 10.6 Å². The molecule has 8 nitrogen and oxygen atoms in total. The lowest BCUT2D eigenvalue weighted by Gasteiger charge is -2.66. The smallest absolute Gasteiger partial charge is 0.309 e. The Hall–Kier alpha value is -2.84. The van der Waals surface area contributed by atoms with Gasteiger partial charge in [0.2, 0.25) is 5.91 Å². The number of hydrogen-bond donors (Lipinski definition) is 3. The summed E-state index contributed by atoms with van der Waals surface area (Å²) in [6.45, 7) is 3.68. The maximum Gasteiger partial charge on any atom is 0.309 e. The summed E-state index contributed by atoms with van der Waals surface area (Å²) in [4.78, 5) is 38.6. The first-order valence-corrected chi connectivity index (χ1v) is 14.3. The Balaban J connectivity index is 1.16. The highest BCUT2D eigenvalue weighted by Gasteiger charge is 2.70.